The highest BCUT2D eigenvalue weighted by Gasteiger charge is 2.10. The van der Waals surface area contributed by atoms with Gasteiger partial charge < -0.3 is 10.3 Å². The molecule has 0 unspecified atom stereocenters. The minimum Gasteiger partial charge on any atom is -0.354 e. The molecule has 7 nitrogen and oxygen atoms in total. The van der Waals surface area contributed by atoms with Crippen LogP contribution in [0.3, 0.4) is 0 Å². The number of fused-ring (bicyclic) bond motifs is 2. The highest BCUT2D eigenvalue weighted by Crippen LogP contribution is 2.16. The standard InChI is InChI=1S/C20H16IN5O2/c21-12-22-11-15-8-14-5-4-13(7-16(14)24-15)10-23-20(28)17-9-19(27)26-6-2-1-3-18(26)25-17/h1-9,11,24H,10,12H2,(H,23,28)/b22-11+. The number of nitrogens with zero attached hydrogens (tertiary/aromatic N) is 3. The van der Waals surface area contributed by atoms with Gasteiger partial charge in [-0.25, -0.2) is 4.98 Å². The summed E-state index contributed by atoms with van der Waals surface area (Å²) >= 11 is 2.19. The second-order valence-corrected chi connectivity index (χ2v) is 6.85. The van der Waals surface area contributed by atoms with E-state index in [4.69, 9.17) is 0 Å². The molecule has 4 aromatic rings. The lowest BCUT2D eigenvalue weighted by Crippen LogP contribution is -2.26. The quantitative estimate of drug-likeness (QED) is 0.197. The molecule has 1 aromatic carbocycles. The number of alkyl halides is 1. The van der Waals surface area contributed by atoms with Crippen molar-refractivity contribution in [2.45, 2.75) is 6.54 Å². The summed E-state index contributed by atoms with van der Waals surface area (Å²) in [6.07, 6.45) is 3.43. The summed E-state index contributed by atoms with van der Waals surface area (Å²) in [5.74, 6) is -0.384. The lowest BCUT2D eigenvalue weighted by Gasteiger charge is -2.06. The van der Waals surface area contributed by atoms with Gasteiger partial charge in [-0.05, 0) is 29.8 Å². The third kappa shape index (κ3) is 3.81. The number of benzene rings is 1. The molecule has 2 N–H and O–H groups in total. The van der Waals surface area contributed by atoms with Crippen LogP contribution in [-0.2, 0) is 6.54 Å². The molecule has 8 heteroatoms. The Bertz CT molecular complexity index is 1260. The number of halogens is 1. The van der Waals surface area contributed by atoms with Gasteiger partial charge in [-0.15, -0.1) is 0 Å². The molecular weight excluding hydrogens is 469 g/mol. The van der Waals surface area contributed by atoms with Crippen molar-refractivity contribution in [1.29, 1.82) is 0 Å². The normalized spacial score (nSPS) is 11.5. The minimum absolute atomic E-state index is 0.106. The van der Waals surface area contributed by atoms with Crippen molar-refractivity contribution in [2.24, 2.45) is 4.99 Å². The van der Waals surface area contributed by atoms with E-state index in [0.717, 1.165) is 22.2 Å². The number of nitrogens with one attached hydrogen (secondary N) is 2. The highest BCUT2D eigenvalue weighted by atomic mass is 127. The Morgan fingerprint density at radius 2 is 2.14 bits per heavy atom. The van der Waals surface area contributed by atoms with Crippen LogP contribution in [0.1, 0.15) is 21.7 Å². The fourth-order valence-electron chi connectivity index (χ4n) is 2.95. The van der Waals surface area contributed by atoms with Crippen molar-refractivity contribution < 1.29 is 4.79 Å². The van der Waals surface area contributed by atoms with Crippen LogP contribution in [0.2, 0.25) is 0 Å². The van der Waals surface area contributed by atoms with E-state index in [9.17, 15) is 9.59 Å². The summed E-state index contributed by atoms with van der Waals surface area (Å²) in [7, 11) is 0. The Balaban J connectivity index is 1.51. The first-order valence-electron chi connectivity index (χ1n) is 8.58. The van der Waals surface area contributed by atoms with Crippen molar-refractivity contribution in [3.63, 3.8) is 0 Å². The Hall–Kier alpha value is -3.01. The van der Waals surface area contributed by atoms with E-state index in [-0.39, 0.29) is 17.2 Å². The minimum atomic E-state index is -0.384. The maximum atomic E-state index is 12.5. The van der Waals surface area contributed by atoms with Gasteiger partial charge in [0.1, 0.15) is 11.3 Å². The van der Waals surface area contributed by atoms with Gasteiger partial charge in [0.25, 0.3) is 11.5 Å². The van der Waals surface area contributed by atoms with Gasteiger partial charge in [-0.3, -0.25) is 19.0 Å². The third-order valence-corrected chi connectivity index (χ3v) is 4.66. The molecule has 0 spiro atoms. The van der Waals surface area contributed by atoms with Crippen LogP contribution in [0.15, 0.2) is 64.5 Å². The maximum Gasteiger partial charge on any atom is 0.270 e. The van der Waals surface area contributed by atoms with Crippen molar-refractivity contribution in [3.8, 4) is 0 Å². The number of pyridine rings is 1. The van der Waals surface area contributed by atoms with Gasteiger partial charge in [-0.1, -0.05) is 40.8 Å². The predicted octanol–water partition coefficient (Wildman–Crippen LogP) is 2.92. The Morgan fingerprint density at radius 1 is 1.25 bits per heavy atom. The number of hydrogen-bond donors (Lipinski definition) is 2. The number of H-pyrrole nitrogens is 1. The number of aromatic nitrogens is 3. The molecule has 28 heavy (non-hydrogen) atoms. The Labute approximate surface area is 173 Å². The summed E-state index contributed by atoms with van der Waals surface area (Å²) in [4.78, 5) is 36.4. The second-order valence-electron chi connectivity index (χ2n) is 6.17. The first-order chi connectivity index (χ1) is 13.6. The summed E-state index contributed by atoms with van der Waals surface area (Å²) in [5.41, 5.74) is 3.11. The van der Waals surface area contributed by atoms with Crippen LogP contribution in [0.5, 0.6) is 0 Å². The molecule has 0 radical (unpaired) electrons. The van der Waals surface area contributed by atoms with Gasteiger partial charge in [0.15, 0.2) is 0 Å². The highest BCUT2D eigenvalue weighted by molar-refractivity contribution is 14.1. The van der Waals surface area contributed by atoms with E-state index in [2.05, 4.69) is 42.9 Å². The van der Waals surface area contributed by atoms with Crippen molar-refractivity contribution >= 4 is 51.3 Å². The zero-order chi connectivity index (χ0) is 19.5. The summed E-state index contributed by atoms with van der Waals surface area (Å²) in [6.45, 7) is 0.334. The number of carbonyl (C=O) groups is 1. The van der Waals surface area contributed by atoms with E-state index in [1.807, 2.05) is 24.3 Å². The van der Waals surface area contributed by atoms with Crippen LogP contribution in [0.4, 0.5) is 0 Å². The molecule has 3 aromatic heterocycles. The molecule has 0 aliphatic rings. The van der Waals surface area contributed by atoms with Crippen LogP contribution < -0.4 is 10.9 Å². The van der Waals surface area contributed by atoms with E-state index >= 15 is 0 Å². The fourth-order valence-corrected chi connectivity index (χ4v) is 3.15. The predicted molar refractivity (Wildman–Crippen MR) is 117 cm³/mol. The molecule has 4 rings (SSSR count). The van der Waals surface area contributed by atoms with Crippen LogP contribution in [0.25, 0.3) is 16.6 Å². The maximum absolute atomic E-state index is 12.5. The fraction of sp³-hybridized carbons (Fsp3) is 0.100. The number of aromatic amines is 1. The number of aliphatic imine (C=N–C) groups is 1. The van der Waals surface area contributed by atoms with Gasteiger partial charge in [0.05, 0.1) is 10.2 Å². The molecule has 0 atom stereocenters. The number of hydrogen-bond acceptors (Lipinski definition) is 4. The van der Waals surface area contributed by atoms with Crippen molar-refractivity contribution in [2.75, 3.05) is 4.55 Å². The summed E-state index contributed by atoms with van der Waals surface area (Å²) < 4.78 is 2.10. The topological polar surface area (TPSA) is 91.6 Å². The molecule has 0 fully saturated rings. The molecule has 0 aliphatic heterocycles. The van der Waals surface area contributed by atoms with Crippen LogP contribution in [0, 0.1) is 0 Å². The van der Waals surface area contributed by atoms with E-state index < -0.39 is 0 Å². The third-order valence-electron chi connectivity index (χ3n) is 4.26. The molecular formula is C20H16IN5O2. The number of carbonyl (C=O) groups excluding carboxylic acids is 1. The van der Waals surface area contributed by atoms with Crippen molar-refractivity contribution in [3.05, 3.63) is 82.0 Å². The lowest BCUT2D eigenvalue weighted by atomic mass is 10.1. The number of amides is 1. The van der Waals surface area contributed by atoms with Gasteiger partial charge in [-0.2, -0.15) is 0 Å². The van der Waals surface area contributed by atoms with E-state index in [0.29, 0.717) is 16.7 Å². The first kappa shape index (κ1) is 18.4. The molecule has 3 heterocycles. The Morgan fingerprint density at radius 3 is 3.00 bits per heavy atom. The molecule has 1 amide bonds. The summed E-state index contributed by atoms with van der Waals surface area (Å²) in [6, 6.07) is 14.4. The zero-order valence-electron chi connectivity index (χ0n) is 14.7. The molecule has 0 aliphatic carbocycles. The Kier molecular flexibility index (Phi) is 5.20. The molecule has 0 saturated carbocycles. The van der Waals surface area contributed by atoms with Crippen molar-refractivity contribution in [1.82, 2.24) is 19.7 Å². The second kappa shape index (κ2) is 7.93. The molecule has 140 valence electrons. The SMILES string of the molecule is O=C(NCc1ccc2cc(/C=N/CI)[nH]c2c1)c1cc(=O)n2ccccc2n1. The smallest absolute Gasteiger partial charge is 0.270 e. The largest absolute Gasteiger partial charge is 0.354 e. The molecule has 0 bridgehead atoms. The zero-order valence-corrected chi connectivity index (χ0v) is 16.9. The van der Waals surface area contributed by atoms with Crippen LogP contribution >= 0.6 is 22.6 Å². The molecule has 0 saturated heterocycles. The average Bonchev–Trinajstić information content (AvgIpc) is 3.12. The number of rotatable bonds is 5. The lowest BCUT2D eigenvalue weighted by molar-refractivity contribution is 0.0946. The van der Waals surface area contributed by atoms with E-state index in [1.54, 1.807) is 30.6 Å². The van der Waals surface area contributed by atoms with Gasteiger partial charge in [0, 0.05) is 35.9 Å². The summed E-state index contributed by atoms with van der Waals surface area (Å²) in [5, 5.41) is 3.90. The van der Waals surface area contributed by atoms with Gasteiger partial charge >= 0.3 is 0 Å². The first-order valence-corrected chi connectivity index (χ1v) is 10.1. The monoisotopic (exact) mass is 485 g/mol. The van der Waals surface area contributed by atoms with Crippen LogP contribution in [-0.4, -0.2) is 31.0 Å². The average molecular weight is 485 g/mol. The van der Waals surface area contributed by atoms with Gasteiger partial charge in [0.2, 0.25) is 0 Å². The van der Waals surface area contributed by atoms with E-state index in [1.165, 1.54) is 10.5 Å².